The van der Waals surface area contributed by atoms with Crippen LogP contribution in [0.5, 0.6) is 0 Å². The van der Waals surface area contributed by atoms with Crippen molar-refractivity contribution < 1.29 is 0 Å². The second-order valence-corrected chi connectivity index (χ2v) is 7.38. The highest BCUT2D eigenvalue weighted by atomic mass is 79.9. The number of nitrogens with one attached hydrogen (secondary N) is 1. The quantitative estimate of drug-likeness (QED) is 0.839. The van der Waals surface area contributed by atoms with Crippen LogP contribution in [0.3, 0.4) is 0 Å². The van der Waals surface area contributed by atoms with Crippen molar-refractivity contribution in [2.45, 2.75) is 26.6 Å². The first kappa shape index (κ1) is 15.7. The zero-order chi connectivity index (χ0) is 14.5. The van der Waals surface area contributed by atoms with Crippen LogP contribution >= 0.6 is 27.3 Å². The van der Waals surface area contributed by atoms with Crippen LogP contribution in [0.4, 0.5) is 0 Å². The molecule has 0 saturated carbocycles. The molecular formula is C16H21BrN2S. The third kappa shape index (κ3) is 4.42. The van der Waals surface area contributed by atoms with E-state index >= 15 is 0 Å². The van der Waals surface area contributed by atoms with Crippen molar-refractivity contribution in [2.75, 3.05) is 14.1 Å². The van der Waals surface area contributed by atoms with Gasteiger partial charge in [0, 0.05) is 33.9 Å². The van der Waals surface area contributed by atoms with Crippen molar-refractivity contribution >= 4 is 27.3 Å². The number of rotatable bonds is 6. The van der Waals surface area contributed by atoms with Gasteiger partial charge in [0.05, 0.1) is 0 Å². The van der Waals surface area contributed by atoms with Gasteiger partial charge in [-0.3, -0.25) is 4.90 Å². The van der Waals surface area contributed by atoms with Crippen molar-refractivity contribution in [1.29, 1.82) is 0 Å². The molecule has 1 aromatic carbocycles. The van der Waals surface area contributed by atoms with E-state index in [2.05, 4.69) is 70.4 Å². The molecule has 0 aliphatic rings. The lowest BCUT2D eigenvalue weighted by atomic mass is 10.2. The van der Waals surface area contributed by atoms with E-state index in [9.17, 15) is 0 Å². The molecule has 0 atom stereocenters. The largest absolute Gasteiger partial charge is 0.315 e. The van der Waals surface area contributed by atoms with Crippen LogP contribution in [0, 0.1) is 6.92 Å². The molecule has 0 unspecified atom stereocenters. The Morgan fingerprint density at radius 2 is 2.05 bits per heavy atom. The first-order chi connectivity index (χ1) is 9.58. The first-order valence-corrected chi connectivity index (χ1v) is 8.35. The maximum Gasteiger partial charge on any atom is 0.0296 e. The summed E-state index contributed by atoms with van der Waals surface area (Å²) >= 11 is 5.42. The predicted octanol–water partition coefficient (Wildman–Crippen LogP) is 4.17. The van der Waals surface area contributed by atoms with E-state index in [1.54, 1.807) is 0 Å². The average Bonchev–Trinajstić information content (AvgIpc) is 2.70. The van der Waals surface area contributed by atoms with E-state index in [1.165, 1.54) is 20.9 Å². The fourth-order valence-electron chi connectivity index (χ4n) is 2.30. The highest BCUT2D eigenvalue weighted by Crippen LogP contribution is 2.23. The molecule has 4 heteroatoms. The summed E-state index contributed by atoms with van der Waals surface area (Å²) < 4.78 is 1.14. The zero-order valence-corrected chi connectivity index (χ0v) is 14.6. The maximum absolute atomic E-state index is 3.53. The van der Waals surface area contributed by atoms with Gasteiger partial charge in [-0.15, -0.1) is 11.3 Å². The first-order valence-electron chi connectivity index (χ1n) is 6.74. The van der Waals surface area contributed by atoms with Gasteiger partial charge in [-0.1, -0.05) is 28.1 Å². The fourth-order valence-corrected chi connectivity index (χ4v) is 3.81. The molecule has 20 heavy (non-hydrogen) atoms. The Labute approximate surface area is 133 Å². The smallest absolute Gasteiger partial charge is 0.0296 e. The van der Waals surface area contributed by atoms with E-state index in [4.69, 9.17) is 0 Å². The molecule has 0 saturated heterocycles. The molecule has 1 N–H and O–H groups in total. The normalized spacial score (nSPS) is 11.2. The van der Waals surface area contributed by atoms with Crippen LogP contribution in [0.1, 0.15) is 20.9 Å². The van der Waals surface area contributed by atoms with Crippen molar-refractivity contribution in [3.63, 3.8) is 0 Å². The summed E-state index contributed by atoms with van der Waals surface area (Å²) in [5.41, 5.74) is 2.78. The highest BCUT2D eigenvalue weighted by molar-refractivity contribution is 9.10. The summed E-state index contributed by atoms with van der Waals surface area (Å²) in [4.78, 5) is 5.20. The molecule has 108 valence electrons. The molecule has 2 aromatic rings. The van der Waals surface area contributed by atoms with Gasteiger partial charge in [-0.25, -0.2) is 0 Å². The lowest BCUT2D eigenvalue weighted by Crippen LogP contribution is -2.17. The van der Waals surface area contributed by atoms with Crippen molar-refractivity contribution in [2.24, 2.45) is 0 Å². The Balaban J connectivity index is 1.99. The van der Waals surface area contributed by atoms with E-state index in [0.717, 1.165) is 24.1 Å². The summed E-state index contributed by atoms with van der Waals surface area (Å²) in [5, 5.41) is 3.22. The number of aryl methyl sites for hydroxylation is 1. The van der Waals surface area contributed by atoms with Gasteiger partial charge in [0.15, 0.2) is 0 Å². The predicted molar refractivity (Wildman–Crippen MR) is 91.1 cm³/mol. The Hall–Kier alpha value is -0.680. The Morgan fingerprint density at radius 3 is 2.75 bits per heavy atom. The van der Waals surface area contributed by atoms with Crippen molar-refractivity contribution in [3.8, 4) is 0 Å². The van der Waals surface area contributed by atoms with Gasteiger partial charge < -0.3 is 5.32 Å². The summed E-state index contributed by atoms with van der Waals surface area (Å²) in [6, 6.07) is 10.8. The lowest BCUT2D eigenvalue weighted by molar-refractivity contribution is 0.319. The molecule has 0 fully saturated rings. The highest BCUT2D eigenvalue weighted by Gasteiger charge is 2.08. The average molecular weight is 353 g/mol. The Morgan fingerprint density at radius 1 is 1.25 bits per heavy atom. The van der Waals surface area contributed by atoms with Gasteiger partial charge in [-0.05, 0) is 50.3 Å². The topological polar surface area (TPSA) is 15.3 Å². The third-order valence-electron chi connectivity index (χ3n) is 3.20. The second kappa shape index (κ2) is 7.36. The van der Waals surface area contributed by atoms with E-state index < -0.39 is 0 Å². The summed E-state index contributed by atoms with van der Waals surface area (Å²) in [7, 11) is 4.17. The summed E-state index contributed by atoms with van der Waals surface area (Å²) in [6.07, 6.45) is 0. The van der Waals surface area contributed by atoms with Crippen LogP contribution in [0.2, 0.25) is 0 Å². The van der Waals surface area contributed by atoms with Gasteiger partial charge in [0.2, 0.25) is 0 Å². The maximum atomic E-state index is 3.53. The number of nitrogens with zero attached hydrogens (tertiary/aromatic N) is 1. The molecular weight excluding hydrogens is 332 g/mol. The van der Waals surface area contributed by atoms with Gasteiger partial charge in [0.1, 0.15) is 0 Å². The zero-order valence-electron chi connectivity index (χ0n) is 12.2. The van der Waals surface area contributed by atoms with Gasteiger partial charge in [-0.2, -0.15) is 0 Å². The molecule has 0 amide bonds. The van der Waals surface area contributed by atoms with Crippen LogP contribution < -0.4 is 5.32 Å². The molecule has 2 nitrogen and oxygen atoms in total. The molecule has 0 spiro atoms. The van der Waals surface area contributed by atoms with Crippen LogP contribution in [0.15, 0.2) is 34.8 Å². The van der Waals surface area contributed by atoms with E-state index in [0.29, 0.717) is 0 Å². The number of halogens is 1. The van der Waals surface area contributed by atoms with Crippen LogP contribution in [-0.2, 0) is 19.6 Å². The monoisotopic (exact) mass is 352 g/mol. The molecule has 1 aromatic heterocycles. The minimum Gasteiger partial charge on any atom is -0.315 e. The fraction of sp³-hybridized carbons (Fsp3) is 0.375. The Bertz CT molecular complexity index is 565. The number of hydrogen-bond donors (Lipinski definition) is 1. The molecule has 1 heterocycles. The third-order valence-corrected chi connectivity index (χ3v) is 4.79. The minimum atomic E-state index is 0.959. The lowest BCUT2D eigenvalue weighted by Gasteiger charge is -2.16. The van der Waals surface area contributed by atoms with Gasteiger partial charge >= 0.3 is 0 Å². The van der Waals surface area contributed by atoms with E-state index in [1.807, 2.05) is 18.4 Å². The van der Waals surface area contributed by atoms with Crippen LogP contribution in [0.25, 0.3) is 0 Å². The van der Waals surface area contributed by atoms with Crippen molar-refractivity contribution in [3.05, 3.63) is 55.7 Å². The standard InChI is InChI=1S/C16H21BrN2S/c1-12-14(8-16(20-12)9-18-2)11-19(3)10-13-5-4-6-15(17)7-13/h4-8,18H,9-11H2,1-3H3. The SMILES string of the molecule is CNCc1cc(CN(C)Cc2cccc(Br)c2)c(C)s1. The molecule has 2 rings (SSSR count). The summed E-state index contributed by atoms with van der Waals surface area (Å²) in [5.74, 6) is 0. The van der Waals surface area contributed by atoms with Crippen molar-refractivity contribution in [1.82, 2.24) is 10.2 Å². The number of benzene rings is 1. The minimum absolute atomic E-state index is 0.959. The van der Waals surface area contributed by atoms with Gasteiger partial charge in [0.25, 0.3) is 0 Å². The molecule has 0 aliphatic heterocycles. The van der Waals surface area contributed by atoms with Crippen LogP contribution in [-0.4, -0.2) is 19.0 Å². The number of thiophene rings is 1. The molecule has 0 aliphatic carbocycles. The Kier molecular flexibility index (Phi) is 5.78. The second-order valence-electron chi connectivity index (χ2n) is 5.13. The number of hydrogen-bond acceptors (Lipinski definition) is 3. The molecule has 0 radical (unpaired) electrons. The summed E-state index contributed by atoms with van der Waals surface area (Å²) in [6.45, 7) is 5.14. The molecule has 0 bridgehead atoms. The van der Waals surface area contributed by atoms with E-state index in [-0.39, 0.29) is 0 Å².